The Bertz CT molecular complexity index is 999. The Labute approximate surface area is 170 Å². The molecule has 0 saturated carbocycles. The fraction of sp³-hybridized carbons (Fsp3) is 0.0833. The van der Waals surface area contributed by atoms with Crippen molar-refractivity contribution in [2.45, 2.75) is 6.54 Å². The van der Waals surface area contributed by atoms with Crippen molar-refractivity contribution in [3.63, 3.8) is 0 Å². The molecule has 146 valence electrons. The van der Waals surface area contributed by atoms with E-state index in [-0.39, 0.29) is 11.6 Å². The predicted molar refractivity (Wildman–Crippen MR) is 113 cm³/mol. The third kappa shape index (κ3) is 5.56. The number of para-hydroxylation sites is 1. The molecule has 2 amide bonds. The highest BCUT2D eigenvalue weighted by Gasteiger charge is 2.17. The van der Waals surface area contributed by atoms with Gasteiger partial charge in [-0.05, 0) is 29.3 Å². The van der Waals surface area contributed by atoms with E-state index in [4.69, 9.17) is 4.74 Å². The van der Waals surface area contributed by atoms with Crippen LogP contribution in [0.4, 0.5) is 0 Å². The Balaban J connectivity index is 1.82. The lowest BCUT2D eigenvalue weighted by Crippen LogP contribution is -2.34. The molecule has 0 spiro atoms. The van der Waals surface area contributed by atoms with Crippen LogP contribution in [0.15, 0.2) is 90.6 Å². The van der Waals surface area contributed by atoms with Crippen LogP contribution in [0, 0.1) is 0 Å². The Kier molecular flexibility index (Phi) is 6.79. The van der Waals surface area contributed by atoms with Crippen LogP contribution >= 0.6 is 0 Å². The van der Waals surface area contributed by atoms with Crippen molar-refractivity contribution < 1.29 is 14.3 Å². The number of methoxy groups -OCH3 is 1. The van der Waals surface area contributed by atoms with Gasteiger partial charge in [-0.1, -0.05) is 72.8 Å². The normalized spacial score (nSPS) is 10.9. The predicted octanol–water partition coefficient (Wildman–Crippen LogP) is 3.78. The van der Waals surface area contributed by atoms with E-state index in [9.17, 15) is 9.59 Å². The number of carbonyl (C=O) groups is 2. The molecule has 0 heterocycles. The number of carbonyl (C=O) groups excluding carboxylic acids is 2. The van der Waals surface area contributed by atoms with Gasteiger partial charge >= 0.3 is 0 Å². The largest absolute Gasteiger partial charge is 0.496 e. The Hall–Kier alpha value is -3.86. The van der Waals surface area contributed by atoms with Gasteiger partial charge < -0.3 is 15.4 Å². The van der Waals surface area contributed by atoms with Gasteiger partial charge in [-0.3, -0.25) is 9.59 Å². The molecule has 0 saturated heterocycles. The molecule has 29 heavy (non-hydrogen) atoms. The Morgan fingerprint density at radius 1 is 0.862 bits per heavy atom. The molecule has 5 heteroatoms. The molecule has 0 bridgehead atoms. The highest BCUT2D eigenvalue weighted by atomic mass is 16.5. The topological polar surface area (TPSA) is 67.4 Å². The average Bonchev–Trinajstić information content (AvgIpc) is 2.78. The standard InChI is InChI=1S/C24H22N2O3/c1-29-22-15-9-8-14-20(22)23(27)26-21(16-18-10-4-2-5-11-18)24(28)25-17-19-12-6-3-7-13-19/h2-16H,17H2,1H3,(H,25,28)(H,26,27). The highest BCUT2D eigenvalue weighted by molar-refractivity contribution is 6.06. The summed E-state index contributed by atoms with van der Waals surface area (Å²) in [5.74, 6) is -0.353. The maximum atomic E-state index is 12.8. The lowest BCUT2D eigenvalue weighted by Gasteiger charge is -2.13. The van der Waals surface area contributed by atoms with Crippen LogP contribution in [-0.2, 0) is 11.3 Å². The van der Waals surface area contributed by atoms with Crippen LogP contribution in [0.2, 0.25) is 0 Å². The molecule has 3 aromatic rings. The first-order valence-corrected chi connectivity index (χ1v) is 9.20. The molecule has 2 N–H and O–H groups in total. The van der Waals surface area contributed by atoms with Crippen molar-refractivity contribution in [1.29, 1.82) is 0 Å². The van der Waals surface area contributed by atoms with Gasteiger partial charge in [0.05, 0.1) is 12.7 Å². The van der Waals surface area contributed by atoms with E-state index in [1.54, 1.807) is 30.3 Å². The van der Waals surface area contributed by atoms with Crippen molar-refractivity contribution in [2.24, 2.45) is 0 Å². The molecule has 0 atom stereocenters. The zero-order valence-electron chi connectivity index (χ0n) is 16.1. The van der Waals surface area contributed by atoms with E-state index in [0.717, 1.165) is 11.1 Å². The van der Waals surface area contributed by atoms with Crippen LogP contribution < -0.4 is 15.4 Å². The Morgan fingerprint density at radius 3 is 2.17 bits per heavy atom. The smallest absolute Gasteiger partial charge is 0.268 e. The van der Waals surface area contributed by atoms with Gasteiger partial charge in [0.2, 0.25) is 0 Å². The van der Waals surface area contributed by atoms with Crippen molar-refractivity contribution in [3.8, 4) is 5.75 Å². The van der Waals surface area contributed by atoms with Crippen molar-refractivity contribution in [2.75, 3.05) is 7.11 Å². The number of hydrogen-bond acceptors (Lipinski definition) is 3. The molecule has 5 nitrogen and oxygen atoms in total. The lowest BCUT2D eigenvalue weighted by molar-refractivity contribution is -0.117. The monoisotopic (exact) mass is 386 g/mol. The van der Waals surface area contributed by atoms with Crippen molar-refractivity contribution in [1.82, 2.24) is 10.6 Å². The summed E-state index contributed by atoms with van der Waals surface area (Å²) < 4.78 is 5.25. The highest BCUT2D eigenvalue weighted by Crippen LogP contribution is 2.17. The summed E-state index contributed by atoms with van der Waals surface area (Å²) in [6, 6.07) is 25.8. The van der Waals surface area contributed by atoms with Crippen LogP contribution in [0.5, 0.6) is 5.75 Å². The lowest BCUT2D eigenvalue weighted by atomic mass is 10.1. The van der Waals surface area contributed by atoms with Crippen molar-refractivity contribution >= 4 is 17.9 Å². The second-order valence-electron chi connectivity index (χ2n) is 6.29. The average molecular weight is 386 g/mol. The van der Waals surface area contributed by atoms with Crippen LogP contribution in [0.3, 0.4) is 0 Å². The van der Waals surface area contributed by atoms with Crippen LogP contribution in [0.1, 0.15) is 21.5 Å². The van der Waals surface area contributed by atoms with E-state index in [0.29, 0.717) is 17.9 Å². The number of hydrogen-bond donors (Lipinski definition) is 2. The fourth-order valence-corrected chi connectivity index (χ4v) is 2.77. The summed E-state index contributed by atoms with van der Waals surface area (Å²) in [6.07, 6.45) is 1.65. The van der Waals surface area contributed by atoms with Gasteiger partial charge in [0.25, 0.3) is 11.8 Å². The number of rotatable bonds is 7. The van der Waals surface area contributed by atoms with E-state index in [1.807, 2.05) is 60.7 Å². The summed E-state index contributed by atoms with van der Waals surface area (Å²) in [7, 11) is 1.50. The minimum atomic E-state index is -0.417. The SMILES string of the molecule is COc1ccccc1C(=O)NC(=Cc1ccccc1)C(=O)NCc1ccccc1. The maximum absolute atomic E-state index is 12.8. The summed E-state index contributed by atoms with van der Waals surface area (Å²) in [4.78, 5) is 25.6. The third-order valence-corrected chi connectivity index (χ3v) is 4.25. The summed E-state index contributed by atoms with van der Waals surface area (Å²) in [5.41, 5.74) is 2.28. The summed E-state index contributed by atoms with van der Waals surface area (Å²) in [5, 5.41) is 5.57. The number of ether oxygens (including phenoxy) is 1. The minimum Gasteiger partial charge on any atom is -0.496 e. The quantitative estimate of drug-likeness (QED) is 0.607. The molecule has 0 aromatic heterocycles. The molecular weight excluding hydrogens is 364 g/mol. The first-order valence-electron chi connectivity index (χ1n) is 9.20. The first-order chi connectivity index (χ1) is 14.2. The van der Waals surface area contributed by atoms with Gasteiger partial charge in [-0.15, -0.1) is 0 Å². The molecule has 3 rings (SSSR count). The molecular formula is C24H22N2O3. The molecule has 0 aliphatic rings. The summed E-state index contributed by atoms with van der Waals surface area (Å²) >= 11 is 0. The van der Waals surface area contributed by atoms with Gasteiger partial charge in [0, 0.05) is 6.54 Å². The van der Waals surface area contributed by atoms with E-state index >= 15 is 0 Å². The third-order valence-electron chi connectivity index (χ3n) is 4.25. The molecule has 0 radical (unpaired) electrons. The van der Waals surface area contributed by atoms with Crippen molar-refractivity contribution in [3.05, 3.63) is 107 Å². The second-order valence-corrected chi connectivity index (χ2v) is 6.29. The molecule has 0 unspecified atom stereocenters. The van der Waals surface area contributed by atoms with E-state index in [2.05, 4.69) is 10.6 Å². The Morgan fingerprint density at radius 2 is 1.48 bits per heavy atom. The second kappa shape index (κ2) is 9.90. The first kappa shape index (κ1) is 19.9. The van der Waals surface area contributed by atoms with Crippen LogP contribution in [-0.4, -0.2) is 18.9 Å². The number of nitrogens with one attached hydrogen (secondary N) is 2. The van der Waals surface area contributed by atoms with Gasteiger partial charge in [0.15, 0.2) is 0 Å². The number of benzene rings is 3. The number of amides is 2. The fourth-order valence-electron chi connectivity index (χ4n) is 2.77. The van der Waals surface area contributed by atoms with E-state index < -0.39 is 5.91 Å². The van der Waals surface area contributed by atoms with Gasteiger partial charge in [-0.2, -0.15) is 0 Å². The minimum absolute atomic E-state index is 0.156. The van der Waals surface area contributed by atoms with Gasteiger partial charge in [0.1, 0.15) is 11.4 Å². The molecule has 0 aliphatic heterocycles. The molecule has 3 aromatic carbocycles. The van der Waals surface area contributed by atoms with E-state index in [1.165, 1.54) is 7.11 Å². The maximum Gasteiger partial charge on any atom is 0.268 e. The molecule has 0 aliphatic carbocycles. The summed E-state index contributed by atoms with van der Waals surface area (Å²) in [6.45, 7) is 0.357. The van der Waals surface area contributed by atoms with Crippen LogP contribution in [0.25, 0.3) is 6.08 Å². The zero-order chi connectivity index (χ0) is 20.5. The zero-order valence-corrected chi connectivity index (χ0v) is 16.1. The molecule has 0 fully saturated rings. The van der Waals surface area contributed by atoms with Gasteiger partial charge in [-0.25, -0.2) is 0 Å².